The van der Waals surface area contributed by atoms with E-state index in [0.29, 0.717) is 45.0 Å². The van der Waals surface area contributed by atoms with Gasteiger partial charge in [-0.15, -0.1) is 5.10 Å². The van der Waals surface area contributed by atoms with Crippen LogP contribution in [0.3, 0.4) is 0 Å². The van der Waals surface area contributed by atoms with Crippen molar-refractivity contribution >= 4 is 18.1 Å². The largest absolute Gasteiger partial charge is 0.450 e. The van der Waals surface area contributed by atoms with Gasteiger partial charge in [0, 0.05) is 26.2 Å². The Morgan fingerprint density at radius 1 is 1.11 bits per heavy atom. The molecule has 3 rings (SSSR count). The van der Waals surface area contributed by atoms with Crippen molar-refractivity contribution in [2.24, 2.45) is 0 Å². The fourth-order valence-electron chi connectivity index (χ4n) is 2.82. The number of allylic oxidation sites excluding steroid dienone is 1. The van der Waals surface area contributed by atoms with Gasteiger partial charge in [0.05, 0.1) is 19.3 Å². The summed E-state index contributed by atoms with van der Waals surface area (Å²) in [7, 11) is 0. The monoisotopic (exact) mass is 369 g/mol. The van der Waals surface area contributed by atoms with E-state index in [-0.39, 0.29) is 12.0 Å². The van der Waals surface area contributed by atoms with Crippen molar-refractivity contribution in [1.82, 2.24) is 24.8 Å². The van der Waals surface area contributed by atoms with Crippen LogP contribution in [0.5, 0.6) is 0 Å². The van der Waals surface area contributed by atoms with Crippen molar-refractivity contribution in [3.05, 3.63) is 53.9 Å². The minimum absolute atomic E-state index is 0.170. The van der Waals surface area contributed by atoms with E-state index >= 15 is 0 Å². The van der Waals surface area contributed by atoms with Gasteiger partial charge in [0.25, 0.3) is 5.91 Å². The molecule has 2 amide bonds. The highest BCUT2D eigenvalue weighted by atomic mass is 16.6. The Kier molecular flexibility index (Phi) is 6.19. The maximum Gasteiger partial charge on any atom is 0.409 e. The lowest BCUT2D eigenvalue weighted by molar-refractivity contribution is 0.0566. The molecule has 1 aromatic carbocycles. The van der Waals surface area contributed by atoms with Crippen LogP contribution in [0, 0.1) is 0 Å². The molecule has 0 unspecified atom stereocenters. The minimum atomic E-state index is -0.333. The number of hydrogen-bond donors (Lipinski definition) is 0. The van der Waals surface area contributed by atoms with E-state index in [1.165, 1.54) is 0 Å². The van der Waals surface area contributed by atoms with Crippen molar-refractivity contribution in [2.45, 2.75) is 13.5 Å². The van der Waals surface area contributed by atoms with Crippen molar-refractivity contribution in [1.29, 1.82) is 0 Å². The minimum Gasteiger partial charge on any atom is -0.450 e. The normalized spacial score (nSPS) is 14.6. The van der Waals surface area contributed by atoms with Crippen LogP contribution in [0.2, 0.25) is 0 Å². The van der Waals surface area contributed by atoms with E-state index in [9.17, 15) is 9.59 Å². The lowest BCUT2D eigenvalue weighted by Crippen LogP contribution is -2.50. The summed E-state index contributed by atoms with van der Waals surface area (Å²) in [4.78, 5) is 27.6. The summed E-state index contributed by atoms with van der Waals surface area (Å²) < 4.78 is 6.61. The first-order chi connectivity index (χ1) is 13.2. The Labute approximate surface area is 158 Å². The Hall–Kier alpha value is -3.16. The number of aromatic nitrogens is 3. The Balaban J connectivity index is 1.51. The highest BCUT2D eigenvalue weighted by molar-refractivity contribution is 5.92. The van der Waals surface area contributed by atoms with Gasteiger partial charge in [-0.05, 0) is 12.5 Å². The molecule has 0 N–H and O–H groups in total. The van der Waals surface area contributed by atoms with Gasteiger partial charge in [-0.1, -0.05) is 47.7 Å². The standard InChI is InChI=1S/C19H23N5O3/c1-2-27-19(26)23-13-11-22(12-14-23)18(25)17-15-24(21-20-17)10-6-9-16-7-4-3-5-8-16/h3-9,15H,2,10-14H2,1H3/b9-6+. The summed E-state index contributed by atoms with van der Waals surface area (Å²) in [5, 5.41) is 8.00. The molecule has 1 aliphatic rings. The fraction of sp³-hybridized carbons (Fsp3) is 0.368. The lowest BCUT2D eigenvalue weighted by Gasteiger charge is -2.33. The predicted molar refractivity (Wildman–Crippen MR) is 100.0 cm³/mol. The molecular formula is C19H23N5O3. The third-order valence-corrected chi connectivity index (χ3v) is 4.25. The maximum absolute atomic E-state index is 12.6. The smallest absolute Gasteiger partial charge is 0.409 e. The molecule has 0 saturated carbocycles. The summed E-state index contributed by atoms with van der Waals surface area (Å²) in [6.07, 6.45) is 5.28. The summed E-state index contributed by atoms with van der Waals surface area (Å²) in [5.41, 5.74) is 1.42. The van der Waals surface area contributed by atoms with E-state index in [2.05, 4.69) is 10.3 Å². The first-order valence-electron chi connectivity index (χ1n) is 9.00. The van der Waals surface area contributed by atoms with E-state index in [1.807, 2.05) is 42.5 Å². The quantitative estimate of drug-likeness (QED) is 0.804. The number of carbonyl (C=O) groups excluding carboxylic acids is 2. The van der Waals surface area contributed by atoms with Crippen molar-refractivity contribution in [3.8, 4) is 0 Å². The molecule has 8 heteroatoms. The molecule has 142 valence electrons. The molecule has 1 aromatic heterocycles. The first-order valence-corrected chi connectivity index (χ1v) is 9.00. The second-order valence-electron chi connectivity index (χ2n) is 6.12. The summed E-state index contributed by atoms with van der Waals surface area (Å²) >= 11 is 0. The van der Waals surface area contributed by atoms with Gasteiger partial charge in [0.15, 0.2) is 5.69 Å². The third kappa shape index (κ3) is 4.93. The van der Waals surface area contributed by atoms with Gasteiger partial charge >= 0.3 is 6.09 Å². The van der Waals surface area contributed by atoms with Crippen LogP contribution < -0.4 is 0 Å². The van der Waals surface area contributed by atoms with Crippen LogP contribution in [0.15, 0.2) is 42.6 Å². The topological polar surface area (TPSA) is 80.6 Å². The van der Waals surface area contributed by atoms with Crippen molar-refractivity contribution in [2.75, 3.05) is 32.8 Å². The average molecular weight is 369 g/mol. The van der Waals surface area contributed by atoms with E-state index in [4.69, 9.17) is 4.74 Å². The van der Waals surface area contributed by atoms with Crippen LogP contribution in [0.25, 0.3) is 6.08 Å². The molecule has 1 fully saturated rings. The molecule has 0 aliphatic carbocycles. The maximum atomic E-state index is 12.6. The summed E-state index contributed by atoms with van der Waals surface area (Å²) in [6, 6.07) is 9.96. The van der Waals surface area contributed by atoms with E-state index in [0.717, 1.165) is 5.56 Å². The Bertz CT molecular complexity index is 795. The van der Waals surface area contributed by atoms with Crippen LogP contribution in [0.1, 0.15) is 23.0 Å². The molecule has 2 aromatic rings. The zero-order valence-corrected chi connectivity index (χ0v) is 15.3. The van der Waals surface area contributed by atoms with Crippen LogP contribution in [-0.2, 0) is 11.3 Å². The van der Waals surface area contributed by atoms with Gasteiger partial charge in [-0.3, -0.25) is 4.79 Å². The highest BCUT2D eigenvalue weighted by Crippen LogP contribution is 2.08. The number of nitrogens with zero attached hydrogens (tertiary/aromatic N) is 5. The summed E-state index contributed by atoms with van der Waals surface area (Å²) in [6.45, 7) is 4.48. The van der Waals surface area contributed by atoms with Gasteiger partial charge in [0.1, 0.15) is 0 Å². The number of benzene rings is 1. The molecule has 1 aliphatic heterocycles. The molecular weight excluding hydrogens is 346 g/mol. The molecule has 0 bridgehead atoms. The Morgan fingerprint density at radius 3 is 2.52 bits per heavy atom. The third-order valence-electron chi connectivity index (χ3n) is 4.25. The molecule has 2 heterocycles. The van der Waals surface area contributed by atoms with Crippen molar-refractivity contribution < 1.29 is 14.3 Å². The number of carbonyl (C=O) groups is 2. The van der Waals surface area contributed by atoms with Crippen LogP contribution in [0.4, 0.5) is 4.79 Å². The summed E-state index contributed by atoms with van der Waals surface area (Å²) in [5.74, 6) is -0.170. The molecule has 0 spiro atoms. The molecule has 1 saturated heterocycles. The molecule has 27 heavy (non-hydrogen) atoms. The zero-order valence-electron chi connectivity index (χ0n) is 15.3. The highest BCUT2D eigenvalue weighted by Gasteiger charge is 2.26. The second kappa shape index (κ2) is 8.98. The van der Waals surface area contributed by atoms with Gasteiger partial charge in [-0.25, -0.2) is 9.48 Å². The van der Waals surface area contributed by atoms with Crippen LogP contribution in [-0.4, -0.2) is 69.6 Å². The number of hydrogen-bond acceptors (Lipinski definition) is 5. The van der Waals surface area contributed by atoms with Crippen molar-refractivity contribution in [3.63, 3.8) is 0 Å². The fourth-order valence-corrected chi connectivity index (χ4v) is 2.82. The van der Waals surface area contributed by atoms with E-state index in [1.54, 1.807) is 27.6 Å². The predicted octanol–water partition coefficient (Wildman–Crippen LogP) is 1.91. The Morgan fingerprint density at radius 2 is 1.81 bits per heavy atom. The molecule has 0 radical (unpaired) electrons. The zero-order chi connectivity index (χ0) is 19.1. The number of ether oxygens (including phenoxy) is 1. The number of amides is 2. The van der Waals surface area contributed by atoms with E-state index < -0.39 is 0 Å². The molecule has 0 atom stereocenters. The SMILES string of the molecule is CCOC(=O)N1CCN(C(=O)c2cn(C/C=C/c3ccccc3)nn2)CC1. The van der Waals surface area contributed by atoms with Gasteiger partial charge < -0.3 is 14.5 Å². The van der Waals surface area contributed by atoms with Gasteiger partial charge in [0.2, 0.25) is 0 Å². The average Bonchev–Trinajstić information content (AvgIpc) is 3.17. The number of piperazine rings is 1. The number of rotatable bonds is 5. The first kappa shape index (κ1) is 18.6. The second-order valence-corrected chi connectivity index (χ2v) is 6.12. The lowest BCUT2D eigenvalue weighted by atomic mass is 10.2. The molecule has 8 nitrogen and oxygen atoms in total. The van der Waals surface area contributed by atoms with Crippen LogP contribution >= 0.6 is 0 Å². The van der Waals surface area contributed by atoms with Gasteiger partial charge in [-0.2, -0.15) is 0 Å².